The molecule has 2 aromatic heterocycles. The molecule has 0 atom stereocenters. The van der Waals surface area contributed by atoms with E-state index in [0.717, 1.165) is 72.1 Å². The van der Waals surface area contributed by atoms with E-state index in [1.807, 2.05) is 18.2 Å². The third-order valence-electron chi connectivity index (χ3n) is 10.4. The van der Waals surface area contributed by atoms with Crippen molar-refractivity contribution in [2.45, 2.75) is 0 Å². The van der Waals surface area contributed by atoms with E-state index in [9.17, 15) is 0 Å². The molecule has 0 amide bonds. The van der Waals surface area contributed by atoms with Crippen LogP contribution in [0.2, 0.25) is 0 Å². The molecule has 0 bridgehead atoms. The summed E-state index contributed by atoms with van der Waals surface area (Å²) in [6.45, 7) is 0. The average molecular weight is 652 g/mol. The Bertz CT molecular complexity index is 3160. The van der Waals surface area contributed by atoms with E-state index < -0.39 is 0 Å². The van der Waals surface area contributed by atoms with Crippen LogP contribution in [0.3, 0.4) is 0 Å². The van der Waals surface area contributed by atoms with Crippen molar-refractivity contribution in [3.63, 3.8) is 0 Å². The van der Waals surface area contributed by atoms with Crippen molar-refractivity contribution in [3.8, 4) is 11.1 Å². The first-order valence-electron chi connectivity index (χ1n) is 17.3. The normalized spacial score (nSPS) is 11.9. The van der Waals surface area contributed by atoms with E-state index in [1.165, 1.54) is 32.3 Å². The number of para-hydroxylation sites is 3. The number of hydrogen-bond donors (Lipinski definition) is 0. The summed E-state index contributed by atoms with van der Waals surface area (Å²) >= 11 is 0. The molecule has 0 N–H and O–H groups in total. The van der Waals surface area contributed by atoms with E-state index in [4.69, 9.17) is 8.83 Å². The van der Waals surface area contributed by atoms with Gasteiger partial charge in [-0.1, -0.05) is 133 Å². The Morgan fingerprint density at radius 2 is 0.941 bits per heavy atom. The minimum absolute atomic E-state index is 0.844. The molecule has 0 aliphatic rings. The maximum absolute atomic E-state index is 6.85. The lowest BCUT2D eigenvalue weighted by Crippen LogP contribution is -2.11. The number of nitrogens with zero attached hydrogens (tertiary/aromatic N) is 1. The van der Waals surface area contributed by atoms with Crippen LogP contribution in [0.1, 0.15) is 0 Å². The third-order valence-corrected chi connectivity index (χ3v) is 10.4. The minimum Gasteiger partial charge on any atom is -0.455 e. The van der Waals surface area contributed by atoms with E-state index in [1.54, 1.807) is 0 Å². The van der Waals surface area contributed by atoms with Gasteiger partial charge in [-0.05, 0) is 80.3 Å². The van der Waals surface area contributed by atoms with Crippen molar-refractivity contribution in [1.82, 2.24) is 0 Å². The summed E-state index contributed by atoms with van der Waals surface area (Å²) in [5.41, 5.74) is 8.66. The zero-order valence-corrected chi connectivity index (χ0v) is 27.5. The van der Waals surface area contributed by atoms with Crippen LogP contribution in [-0.2, 0) is 0 Å². The van der Waals surface area contributed by atoms with Gasteiger partial charge in [0.05, 0.1) is 16.8 Å². The molecular formula is C48H29NO2. The highest BCUT2D eigenvalue weighted by atomic mass is 16.3. The van der Waals surface area contributed by atoms with Crippen LogP contribution >= 0.6 is 0 Å². The van der Waals surface area contributed by atoms with Gasteiger partial charge >= 0.3 is 0 Å². The smallest absolute Gasteiger partial charge is 0.159 e. The molecule has 2 heterocycles. The lowest BCUT2D eigenvalue weighted by Gasteiger charge is -2.27. The molecule has 0 radical (unpaired) electrons. The minimum atomic E-state index is 0.844. The molecule has 0 saturated heterocycles. The Morgan fingerprint density at radius 3 is 1.80 bits per heavy atom. The molecule has 3 heteroatoms. The molecule has 9 aromatic carbocycles. The molecule has 0 fully saturated rings. The quantitative estimate of drug-likeness (QED) is 0.177. The fraction of sp³-hybridized carbons (Fsp3) is 0. The van der Waals surface area contributed by atoms with Gasteiger partial charge in [0, 0.05) is 27.4 Å². The lowest BCUT2D eigenvalue weighted by atomic mass is 9.95. The number of anilines is 3. The van der Waals surface area contributed by atoms with Gasteiger partial charge in [-0.3, -0.25) is 0 Å². The van der Waals surface area contributed by atoms with E-state index >= 15 is 0 Å². The summed E-state index contributed by atoms with van der Waals surface area (Å²) in [6, 6.07) is 62.5. The second-order valence-corrected chi connectivity index (χ2v) is 13.2. The van der Waals surface area contributed by atoms with Gasteiger partial charge in [-0.2, -0.15) is 0 Å². The molecule has 0 aliphatic carbocycles. The molecule has 0 unspecified atom stereocenters. The maximum Gasteiger partial charge on any atom is 0.159 e. The van der Waals surface area contributed by atoms with Gasteiger partial charge in [0.25, 0.3) is 0 Å². The first-order valence-corrected chi connectivity index (χ1v) is 17.3. The molecule has 11 aromatic rings. The second-order valence-electron chi connectivity index (χ2n) is 13.2. The van der Waals surface area contributed by atoms with Crippen LogP contribution in [0.5, 0.6) is 0 Å². The van der Waals surface area contributed by atoms with Crippen LogP contribution in [-0.4, -0.2) is 0 Å². The van der Waals surface area contributed by atoms with E-state index in [0.29, 0.717) is 0 Å². The van der Waals surface area contributed by atoms with Gasteiger partial charge in [-0.15, -0.1) is 0 Å². The Balaban J connectivity index is 1.25. The highest BCUT2D eigenvalue weighted by molar-refractivity contribution is 6.20. The average Bonchev–Trinajstić information content (AvgIpc) is 3.78. The first-order chi connectivity index (χ1) is 25.3. The standard InChI is InChI=1S/C48H29NO2/c1-4-15-35-30(11-1)13-9-18-37(35)40-27-28-42(46-41-17-6-8-22-45(41)51-48(40)46)49(43-20-10-19-39-38-16-5-7-21-44(38)50-47(39)43)33-25-26-36-32(29-33)24-23-31-12-2-3-14-34(31)36/h1-29H. The lowest BCUT2D eigenvalue weighted by molar-refractivity contribution is 0.668. The van der Waals surface area contributed by atoms with Gasteiger partial charge < -0.3 is 13.7 Å². The Hall–Kier alpha value is -6.84. The largest absolute Gasteiger partial charge is 0.455 e. The van der Waals surface area contributed by atoms with Crippen molar-refractivity contribution in [2.24, 2.45) is 0 Å². The highest BCUT2D eigenvalue weighted by Gasteiger charge is 2.25. The predicted molar refractivity (Wildman–Crippen MR) is 214 cm³/mol. The number of benzene rings is 9. The molecule has 3 nitrogen and oxygen atoms in total. The monoisotopic (exact) mass is 651 g/mol. The summed E-state index contributed by atoms with van der Waals surface area (Å²) in [5.74, 6) is 0. The van der Waals surface area contributed by atoms with Crippen molar-refractivity contribution in [1.29, 1.82) is 0 Å². The van der Waals surface area contributed by atoms with Crippen molar-refractivity contribution < 1.29 is 8.83 Å². The van der Waals surface area contributed by atoms with Crippen molar-refractivity contribution >= 4 is 93.3 Å². The maximum atomic E-state index is 6.85. The van der Waals surface area contributed by atoms with Crippen LogP contribution < -0.4 is 4.90 Å². The Morgan fingerprint density at radius 1 is 0.333 bits per heavy atom. The zero-order chi connectivity index (χ0) is 33.5. The first kappa shape index (κ1) is 28.0. The van der Waals surface area contributed by atoms with E-state index in [2.05, 4.69) is 163 Å². The molecule has 51 heavy (non-hydrogen) atoms. The van der Waals surface area contributed by atoms with Crippen LogP contribution in [0, 0.1) is 0 Å². The number of fused-ring (bicyclic) bond motifs is 10. The zero-order valence-electron chi connectivity index (χ0n) is 27.5. The Kier molecular flexibility index (Phi) is 5.96. The molecule has 0 aliphatic heterocycles. The second kappa shape index (κ2) is 10.8. The summed E-state index contributed by atoms with van der Waals surface area (Å²) in [4.78, 5) is 2.36. The number of furan rings is 2. The van der Waals surface area contributed by atoms with Gasteiger partial charge in [0.2, 0.25) is 0 Å². The Labute approximate surface area is 293 Å². The van der Waals surface area contributed by atoms with Gasteiger partial charge in [0.1, 0.15) is 16.7 Å². The van der Waals surface area contributed by atoms with Crippen LogP contribution in [0.4, 0.5) is 17.1 Å². The number of rotatable bonds is 4. The molecule has 11 rings (SSSR count). The topological polar surface area (TPSA) is 29.5 Å². The molecule has 0 spiro atoms. The summed E-state index contributed by atoms with van der Waals surface area (Å²) in [5, 5.41) is 11.6. The van der Waals surface area contributed by atoms with Crippen LogP contribution in [0.25, 0.3) is 87.3 Å². The summed E-state index contributed by atoms with van der Waals surface area (Å²) < 4.78 is 13.6. The molecule has 238 valence electrons. The van der Waals surface area contributed by atoms with Crippen molar-refractivity contribution in [2.75, 3.05) is 4.90 Å². The number of hydrogen-bond acceptors (Lipinski definition) is 3. The van der Waals surface area contributed by atoms with Crippen LogP contribution in [0.15, 0.2) is 185 Å². The van der Waals surface area contributed by atoms with Gasteiger partial charge in [0.15, 0.2) is 5.58 Å². The SMILES string of the molecule is c1ccc2c(-c3ccc(N(c4ccc5c(ccc6ccccc65)c4)c4cccc5c4oc4ccccc45)c4c3oc3ccccc34)cccc2c1. The van der Waals surface area contributed by atoms with Gasteiger partial charge in [-0.25, -0.2) is 0 Å². The fourth-order valence-electron chi connectivity index (χ4n) is 8.13. The fourth-order valence-corrected chi connectivity index (χ4v) is 8.13. The third kappa shape index (κ3) is 4.19. The highest BCUT2D eigenvalue weighted by Crippen LogP contribution is 2.49. The molecule has 0 saturated carbocycles. The molecular weight excluding hydrogens is 623 g/mol. The summed E-state index contributed by atoms with van der Waals surface area (Å²) in [7, 11) is 0. The summed E-state index contributed by atoms with van der Waals surface area (Å²) in [6.07, 6.45) is 0. The van der Waals surface area contributed by atoms with Crippen molar-refractivity contribution in [3.05, 3.63) is 176 Å². The van der Waals surface area contributed by atoms with E-state index in [-0.39, 0.29) is 0 Å². The predicted octanol–water partition coefficient (Wildman–Crippen LogP) is 14.1.